The highest BCUT2D eigenvalue weighted by Crippen LogP contribution is 2.23. The lowest BCUT2D eigenvalue weighted by Crippen LogP contribution is -2.21. The van der Waals surface area contributed by atoms with Gasteiger partial charge in [-0.3, -0.25) is 10.1 Å². The van der Waals surface area contributed by atoms with Crippen LogP contribution in [0.3, 0.4) is 0 Å². The monoisotopic (exact) mass is 368 g/mol. The molecule has 27 heavy (non-hydrogen) atoms. The molecule has 0 aliphatic heterocycles. The molecular weight excluding hydrogens is 348 g/mol. The SMILES string of the molecule is Cc1ccc(-c2cc(NC(=O)COC(=O)c3c(C)oc(C)c3C)on2)cc1. The van der Waals surface area contributed by atoms with Gasteiger partial charge in [0.25, 0.3) is 5.91 Å². The van der Waals surface area contributed by atoms with Gasteiger partial charge in [-0.15, -0.1) is 0 Å². The molecule has 0 radical (unpaired) electrons. The Morgan fingerprint density at radius 1 is 1.07 bits per heavy atom. The zero-order valence-corrected chi connectivity index (χ0v) is 15.6. The van der Waals surface area contributed by atoms with E-state index in [4.69, 9.17) is 13.7 Å². The minimum absolute atomic E-state index is 0.179. The second kappa shape index (κ2) is 7.49. The van der Waals surface area contributed by atoms with Crippen molar-refractivity contribution in [3.63, 3.8) is 0 Å². The van der Waals surface area contributed by atoms with Crippen molar-refractivity contribution in [2.24, 2.45) is 0 Å². The molecule has 7 heteroatoms. The highest BCUT2D eigenvalue weighted by Gasteiger charge is 2.21. The maximum Gasteiger partial charge on any atom is 0.342 e. The average molecular weight is 368 g/mol. The van der Waals surface area contributed by atoms with Gasteiger partial charge in [-0.2, -0.15) is 0 Å². The molecule has 0 saturated heterocycles. The zero-order valence-electron chi connectivity index (χ0n) is 15.6. The van der Waals surface area contributed by atoms with Gasteiger partial charge in [0.15, 0.2) is 6.61 Å². The maximum absolute atomic E-state index is 12.2. The number of benzene rings is 1. The fraction of sp³-hybridized carbons (Fsp3) is 0.250. The molecule has 0 saturated carbocycles. The highest BCUT2D eigenvalue weighted by molar-refractivity contribution is 5.96. The number of hydrogen-bond donors (Lipinski definition) is 1. The lowest BCUT2D eigenvalue weighted by molar-refractivity contribution is -0.119. The zero-order chi connectivity index (χ0) is 19.6. The van der Waals surface area contributed by atoms with Gasteiger partial charge in [0.1, 0.15) is 22.8 Å². The summed E-state index contributed by atoms with van der Waals surface area (Å²) in [5, 5.41) is 6.44. The van der Waals surface area contributed by atoms with Gasteiger partial charge in [0.05, 0.1) is 0 Å². The molecule has 3 aromatic rings. The third-order valence-electron chi connectivity index (χ3n) is 4.22. The van der Waals surface area contributed by atoms with Crippen molar-refractivity contribution < 1.29 is 23.3 Å². The van der Waals surface area contributed by atoms with Crippen LogP contribution >= 0.6 is 0 Å². The highest BCUT2D eigenvalue weighted by atomic mass is 16.5. The molecule has 1 amide bonds. The van der Waals surface area contributed by atoms with Crippen LogP contribution < -0.4 is 5.32 Å². The molecule has 7 nitrogen and oxygen atoms in total. The summed E-state index contributed by atoms with van der Waals surface area (Å²) in [5.41, 5.74) is 3.66. The van der Waals surface area contributed by atoms with Crippen molar-refractivity contribution in [2.75, 3.05) is 11.9 Å². The van der Waals surface area contributed by atoms with Crippen LogP contribution in [0.25, 0.3) is 11.3 Å². The first-order valence-corrected chi connectivity index (χ1v) is 8.42. The smallest absolute Gasteiger partial charge is 0.342 e. The number of aromatic nitrogens is 1. The molecule has 3 rings (SSSR count). The summed E-state index contributed by atoms with van der Waals surface area (Å²) in [6.07, 6.45) is 0. The molecule has 0 unspecified atom stereocenters. The topological polar surface area (TPSA) is 94.6 Å². The number of carbonyl (C=O) groups excluding carboxylic acids is 2. The Morgan fingerprint density at radius 3 is 2.41 bits per heavy atom. The molecule has 0 bridgehead atoms. The third kappa shape index (κ3) is 4.08. The van der Waals surface area contributed by atoms with E-state index in [0.717, 1.165) is 11.1 Å². The molecule has 1 aromatic carbocycles. The first kappa shape index (κ1) is 18.4. The van der Waals surface area contributed by atoms with Crippen LogP contribution in [0.15, 0.2) is 39.3 Å². The quantitative estimate of drug-likeness (QED) is 0.685. The van der Waals surface area contributed by atoms with Gasteiger partial charge in [0, 0.05) is 17.2 Å². The molecule has 1 N–H and O–H groups in total. The van der Waals surface area contributed by atoms with E-state index in [1.54, 1.807) is 26.8 Å². The Balaban J connectivity index is 1.58. The number of aryl methyl sites for hydroxylation is 3. The molecule has 0 fully saturated rings. The Bertz CT molecular complexity index is 982. The maximum atomic E-state index is 12.2. The van der Waals surface area contributed by atoms with Crippen LogP contribution in [0, 0.1) is 27.7 Å². The van der Waals surface area contributed by atoms with E-state index in [9.17, 15) is 9.59 Å². The average Bonchev–Trinajstić information content (AvgIpc) is 3.18. The molecule has 2 aromatic heterocycles. The molecule has 140 valence electrons. The van der Waals surface area contributed by atoms with Crippen molar-refractivity contribution >= 4 is 17.8 Å². The number of anilines is 1. The molecule has 0 spiro atoms. The van der Waals surface area contributed by atoms with Crippen molar-refractivity contribution in [1.29, 1.82) is 0 Å². The van der Waals surface area contributed by atoms with E-state index in [0.29, 0.717) is 28.3 Å². The van der Waals surface area contributed by atoms with Crippen LogP contribution in [0.2, 0.25) is 0 Å². The molecule has 0 atom stereocenters. The van der Waals surface area contributed by atoms with Gasteiger partial charge in [-0.25, -0.2) is 4.79 Å². The van der Waals surface area contributed by atoms with E-state index < -0.39 is 18.5 Å². The Morgan fingerprint density at radius 2 is 1.78 bits per heavy atom. The standard InChI is InChI=1S/C20H20N2O5/c1-11-5-7-15(8-6-11)16-9-18(27-22-16)21-17(23)10-25-20(24)19-12(2)13(3)26-14(19)4/h5-9H,10H2,1-4H3,(H,21,23). The van der Waals surface area contributed by atoms with E-state index >= 15 is 0 Å². The lowest BCUT2D eigenvalue weighted by atomic mass is 10.1. The number of nitrogens with one attached hydrogen (secondary N) is 1. The predicted octanol–water partition coefficient (Wildman–Crippen LogP) is 3.96. The number of ether oxygens (including phenoxy) is 1. The number of esters is 1. The van der Waals surface area contributed by atoms with Crippen molar-refractivity contribution in [3.05, 3.63) is 58.5 Å². The summed E-state index contributed by atoms with van der Waals surface area (Å²) in [4.78, 5) is 24.2. The van der Waals surface area contributed by atoms with Crippen molar-refractivity contribution in [3.8, 4) is 11.3 Å². The number of carbonyl (C=O) groups is 2. The van der Waals surface area contributed by atoms with Crippen LogP contribution in [0.5, 0.6) is 0 Å². The van der Waals surface area contributed by atoms with Crippen LogP contribution in [0.1, 0.15) is 33.0 Å². The van der Waals surface area contributed by atoms with E-state index in [1.165, 1.54) is 0 Å². The predicted molar refractivity (Wildman–Crippen MR) is 98.5 cm³/mol. The first-order chi connectivity index (χ1) is 12.8. The van der Waals surface area contributed by atoms with Crippen molar-refractivity contribution in [1.82, 2.24) is 5.16 Å². The molecule has 0 aliphatic rings. The van der Waals surface area contributed by atoms with Gasteiger partial charge in [-0.05, 0) is 27.7 Å². The number of nitrogens with zero attached hydrogens (tertiary/aromatic N) is 1. The third-order valence-corrected chi connectivity index (χ3v) is 4.22. The molecule has 2 heterocycles. The minimum atomic E-state index is -0.602. The largest absolute Gasteiger partial charge is 0.465 e. The number of hydrogen-bond acceptors (Lipinski definition) is 6. The van der Waals surface area contributed by atoms with Crippen LogP contribution in [0.4, 0.5) is 5.88 Å². The summed E-state index contributed by atoms with van der Waals surface area (Å²) in [7, 11) is 0. The number of amides is 1. The Kier molecular flexibility index (Phi) is 5.12. The number of rotatable bonds is 5. The first-order valence-electron chi connectivity index (χ1n) is 8.42. The van der Waals surface area contributed by atoms with E-state index in [2.05, 4.69) is 10.5 Å². The van der Waals surface area contributed by atoms with Crippen LogP contribution in [-0.4, -0.2) is 23.6 Å². The fourth-order valence-electron chi connectivity index (χ4n) is 2.67. The summed E-state index contributed by atoms with van der Waals surface area (Å²) >= 11 is 0. The van der Waals surface area contributed by atoms with Gasteiger partial charge < -0.3 is 13.7 Å². The van der Waals surface area contributed by atoms with Gasteiger partial charge >= 0.3 is 5.97 Å². The molecular formula is C20H20N2O5. The summed E-state index contributed by atoms with van der Waals surface area (Å²) in [5.74, 6) is 0.168. The normalized spacial score (nSPS) is 10.7. The van der Waals surface area contributed by atoms with Gasteiger partial charge in [0.2, 0.25) is 5.88 Å². The van der Waals surface area contributed by atoms with E-state index in [-0.39, 0.29) is 5.88 Å². The van der Waals surface area contributed by atoms with Crippen LogP contribution in [-0.2, 0) is 9.53 Å². The fourth-order valence-corrected chi connectivity index (χ4v) is 2.67. The van der Waals surface area contributed by atoms with Gasteiger partial charge in [-0.1, -0.05) is 35.0 Å². The Labute approximate surface area is 156 Å². The van der Waals surface area contributed by atoms with Crippen molar-refractivity contribution in [2.45, 2.75) is 27.7 Å². The molecule has 0 aliphatic carbocycles. The van der Waals surface area contributed by atoms with E-state index in [1.807, 2.05) is 31.2 Å². The second-order valence-electron chi connectivity index (χ2n) is 6.28. The summed E-state index contributed by atoms with van der Waals surface area (Å²) < 4.78 is 15.6. The summed E-state index contributed by atoms with van der Waals surface area (Å²) in [6.45, 7) is 6.76. The summed E-state index contributed by atoms with van der Waals surface area (Å²) in [6, 6.07) is 9.36. The second-order valence-corrected chi connectivity index (χ2v) is 6.28. The minimum Gasteiger partial charge on any atom is -0.465 e. The lowest BCUT2D eigenvalue weighted by Gasteiger charge is -2.04. The number of furan rings is 1. The Hall–Kier alpha value is -3.35.